The van der Waals surface area contributed by atoms with Crippen LogP contribution in [0.2, 0.25) is 0 Å². The Morgan fingerprint density at radius 1 is 1.11 bits per heavy atom. The molecule has 4 aliphatic rings. The monoisotopic (exact) mass is 378 g/mol. The lowest BCUT2D eigenvalue weighted by Gasteiger charge is -2.60. The van der Waals surface area contributed by atoms with Gasteiger partial charge in [0.2, 0.25) is 5.91 Å². The second-order valence-corrected chi connectivity index (χ2v) is 10.5. The lowest BCUT2D eigenvalue weighted by atomic mass is 9.47. The Hall–Kier alpha value is -1.64. The number of likely N-dealkylation sites (N-methyl/N-ethyl adjacent to an activating group) is 1. The fraction of sp³-hybridized carbons (Fsp3) is 0.680. The first-order valence-electron chi connectivity index (χ1n) is 11.3. The van der Waals surface area contributed by atoms with Crippen molar-refractivity contribution in [3.05, 3.63) is 42.2 Å². The quantitative estimate of drug-likeness (QED) is 0.735. The maximum atomic E-state index is 12.2. The Kier molecular flexibility index (Phi) is 4.23. The largest absolute Gasteiger partial charge is 0.338 e. The maximum absolute atomic E-state index is 12.2. The molecule has 0 N–H and O–H groups in total. The number of pyridine rings is 1. The number of aromatic nitrogens is 1. The minimum absolute atomic E-state index is 0.159. The summed E-state index contributed by atoms with van der Waals surface area (Å²) in [5.74, 6) is 3.35. The Morgan fingerprint density at radius 3 is 2.75 bits per heavy atom. The fourth-order valence-electron chi connectivity index (χ4n) is 7.95. The summed E-state index contributed by atoms with van der Waals surface area (Å²) in [6, 6.07) is 6.74. The van der Waals surface area contributed by atoms with Gasteiger partial charge in [0.25, 0.3) is 0 Å². The molecule has 1 amide bonds. The smallest absolute Gasteiger partial charge is 0.246 e. The summed E-state index contributed by atoms with van der Waals surface area (Å²) >= 11 is 0. The molecule has 28 heavy (non-hydrogen) atoms. The number of carbonyl (C=O) groups is 1. The molecule has 2 heterocycles. The van der Waals surface area contributed by atoms with E-state index in [9.17, 15) is 4.79 Å². The first kappa shape index (κ1) is 18.4. The second kappa shape index (κ2) is 6.43. The van der Waals surface area contributed by atoms with Crippen molar-refractivity contribution in [1.82, 2.24) is 9.88 Å². The molecule has 150 valence electrons. The average Bonchev–Trinajstić information content (AvgIpc) is 3.02. The molecule has 1 aliphatic heterocycles. The second-order valence-electron chi connectivity index (χ2n) is 10.5. The normalized spacial score (nSPS) is 44.8. The van der Waals surface area contributed by atoms with E-state index in [2.05, 4.69) is 37.0 Å². The number of rotatable bonds is 2. The summed E-state index contributed by atoms with van der Waals surface area (Å²) in [5, 5.41) is 0. The highest BCUT2D eigenvalue weighted by Crippen LogP contribution is 2.65. The lowest BCUT2D eigenvalue weighted by molar-refractivity contribution is -0.138. The van der Waals surface area contributed by atoms with Crippen LogP contribution in [-0.2, 0) is 11.2 Å². The van der Waals surface area contributed by atoms with Gasteiger partial charge in [-0.3, -0.25) is 9.78 Å². The van der Waals surface area contributed by atoms with Gasteiger partial charge in [-0.2, -0.15) is 0 Å². The first-order chi connectivity index (χ1) is 13.4. The topological polar surface area (TPSA) is 33.2 Å². The molecule has 0 radical (unpaired) electrons. The molecule has 1 aromatic rings. The van der Waals surface area contributed by atoms with Gasteiger partial charge in [0.05, 0.1) is 0 Å². The van der Waals surface area contributed by atoms with Crippen LogP contribution in [-0.4, -0.2) is 28.9 Å². The number of nitrogens with zero attached hydrogens (tertiary/aromatic N) is 2. The summed E-state index contributed by atoms with van der Waals surface area (Å²) in [7, 11) is 2.01. The molecule has 0 saturated heterocycles. The molecule has 7 atom stereocenters. The van der Waals surface area contributed by atoms with E-state index in [0.717, 1.165) is 30.1 Å². The van der Waals surface area contributed by atoms with Crippen molar-refractivity contribution in [1.29, 1.82) is 0 Å². The number of hydrogen-bond donors (Lipinski definition) is 0. The van der Waals surface area contributed by atoms with Gasteiger partial charge in [-0.25, -0.2) is 0 Å². The highest BCUT2D eigenvalue weighted by molar-refractivity contribution is 5.89. The SMILES string of the molecule is CN1C(=O)C=C[C@@]2(C)C1CC[C@@H]1[C@H]2CC[C@]2(C)C(Cc3ccccn3)CC[C@@H]12. The van der Waals surface area contributed by atoms with Gasteiger partial charge < -0.3 is 4.90 Å². The highest BCUT2D eigenvalue weighted by atomic mass is 16.2. The molecule has 3 saturated carbocycles. The van der Waals surface area contributed by atoms with Crippen LogP contribution in [0.5, 0.6) is 0 Å². The molecule has 2 unspecified atom stereocenters. The van der Waals surface area contributed by atoms with E-state index in [1.807, 2.05) is 30.3 Å². The predicted octanol–water partition coefficient (Wildman–Crippen LogP) is 4.88. The molecule has 0 aromatic carbocycles. The van der Waals surface area contributed by atoms with Gasteiger partial charge >= 0.3 is 0 Å². The Labute approximate surface area is 169 Å². The van der Waals surface area contributed by atoms with Crippen LogP contribution in [0.25, 0.3) is 0 Å². The van der Waals surface area contributed by atoms with Crippen LogP contribution in [0.4, 0.5) is 0 Å². The van der Waals surface area contributed by atoms with Crippen LogP contribution in [0.3, 0.4) is 0 Å². The molecule has 0 bridgehead atoms. The molecule has 3 fully saturated rings. The summed E-state index contributed by atoms with van der Waals surface area (Å²) in [5.41, 5.74) is 1.89. The van der Waals surface area contributed by atoms with Gasteiger partial charge in [0, 0.05) is 30.4 Å². The lowest BCUT2D eigenvalue weighted by Crippen LogP contribution is -2.59. The molecule has 5 rings (SSSR count). The Bertz CT molecular complexity index is 789. The van der Waals surface area contributed by atoms with Gasteiger partial charge in [-0.1, -0.05) is 26.0 Å². The molecular weight excluding hydrogens is 344 g/mol. The van der Waals surface area contributed by atoms with Crippen molar-refractivity contribution >= 4 is 5.91 Å². The van der Waals surface area contributed by atoms with Crippen molar-refractivity contribution in [2.75, 3.05) is 7.05 Å². The van der Waals surface area contributed by atoms with E-state index < -0.39 is 0 Å². The van der Waals surface area contributed by atoms with Gasteiger partial charge in [0.1, 0.15) is 0 Å². The van der Waals surface area contributed by atoms with E-state index in [1.54, 1.807) is 0 Å². The molecule has 3 nitrogen and oxygen atoms in total. The highest BCUT2D eigenvalue weighted by Gasteiger charge is 2.60. The van der Waals surface area contributed by atoms with Crippen LogP contribution in [0.1, 0.15) is 58.1 Å². The van der Waals surface area contributed by atoms with Gasteiger partial charge in [-0.05, 0) is 92.2 Å². The minimum atomic E-state index is 0.159. The van der Waals surface area contributed by atoms with Crippen LogP contribution in [0, 0.1) is 34.5 Å². The van der Waals surface area contributed by atoms with Crippen LogP contribution >= 0.6 is 0 Å². The summed E-state index contributed by atoms with van der Waals surface area (Å²) in [4.78, 5) is 18.9. The van der Waals surface area contributed by atoms with E-state index in [1.165, 1.54) is 44.2 Å². The van der Waals surface area contributed by atoms with E-state index in [-0.39, 0.29) is 11.3 Å². The van der Waals surface area contributed by atoms with Crippen molar-refractivity contribution in [3.8, 4) is 0 Å². The maximum Gasteiger partial charge on any atom is 0.246 e. The predicted molar refractivity (Wildman–Crippen MR) is 112 cm³/mol. The zero-order valence-electron chi connectivity index (χ0n) is 17.6. The van der Waals surface area contributed by atoms with Crippen molar-refractivity contribution in [3.63, 3.8) is 0 Å². The molecule has 0 spiro atoms. The zero-order chi connectivity index (χ0) is 19.5. The fourth-order valence-corrected chi connectivity index (χ4v) is 7.95. The van der Waals surface area contributed by atoms with E-state index in [0.29, 0.717) is 11.5 Å². The third-order valence-corrected chi connectivity index (χ3v) is 9.51. The molecule has 1 aromatic heterocycles. The summed E-state index contributed by atoms with van der Waals surface area (Å²) in [6.07, 6.45) is 15.1. The van der Waals surface area contributed by atoms with Gasteiger partial charge in [0.15, 0.2) is 0 Å². The standard InChI is InChI=1S/C25H34N2O/c1-24-13-11-21-19(8-10-22-25(21,2)14-12-23(28)27(22)3)20(24)9-7-17(24)16-18-6-4-5-15-26-18/h4-6,12,14-15,17,19-22H,7-11,13,16H2,1-3H3/t17?,19-,20-,21+,22?,24+,25+/m0/s1. The molecular formula is C25H34N2O. The number of hydrogen-bond acceptors (Lipinski definition) is 2. The Morgan fingerprint density at radius 2 is 1.96 bits per heavy atom. The average molecular weight is 379 g/mol. The zero-order valence-corrected chi connectivity index (χ0v) is 17.6. The van der Waals surface area contributed by atoms with Crippen molar-refractivity contribution < 1.29 is 4.79 Å². The van der Waals surface area contributed by atoms with Crippen LogP contribution in [0.15, 0.2) is 36.5 Å². The third kappa shape index (κ3) is 2.54. The van der Waals surface area contributed by atoms with Gasteiger partial charge in [-0.15, -0.1) is 0 Å². The number of amides is 1. The summed E-state index contributed by atoms with van der Waals surface area (Å²) in [6.45, 7) is 5.03. The minimum Gasteiger partial charge on any atom is -0.338 e. The van der Waals surface area contributed by atoms with E-state index in [4.69, 9.17) is 0 Å². The number of fused-ring (bicyclic) bond motifs is 5. The third-order valence-electron chi connectivity index (χ3n) is 9.51. The summed E-state index contributed by atoms with van der Waals surface area (Å²) < 4.78 is 0. The van der Waals surface area contributed by atoms with Crippen molar-refractivity contribution in [2.24, 2.45) is 34.5 Å². The molecule has 3 aliphatic carbocycles. The Balaban J connectivity index is 1.41. The van der Waals surface area contributed by atoms with E-state index >= 15 is 0 Å². The molecule has 3 heteroatoms. The van der Waals surface area contributed by atoms with Crippen molar-refractivity contribution in [2.45, 2.75) is 64.8 Å². The van der Waals surface area contributed by atoms with Crippen LogP contribution < -0.4 is 0 Å². The number of carbonyl (C=O) groups excluding carboxylic acids is 1. The first-order valence-corrected chi connectivity index (χ1v) is 11.3.